The van der Waals surface area contributed by atoms with Crippen LogP contribution < -0.4 is 9.47 Å². The number of aliphatic hydroxyl groups excluding tert-OH is 1. The summed E-state index contributed by atoms with van der Waals surface area (Å²) in [5.74, 6) is 1.25. The molecule has 0 atom stereocenters. The van der Waals surface area contributed by atoms with Crippen molar-refractivity contribution < 1.29 is 14.6 Å². The van der Waals surface area contributed by atoms with Crippen molar-refractivity contribution in [2.75, 3.05) is 14.2 Å². The fourth-order valence-corrected chi connectivity index (χ4v) is 1.85. The Kier molecular flexibility index (Phi) is 3.79. The molecule has 1 aromatic heterocycles. The number of methoxy groups -OCH3 is 2. The lowest BCUT2D eigenvalue weighted by Gasteiger charge is -2.12. The quantitative estimate of drug-likeness (QED) is 0.897. The van der Waals surface area contributed by atoms with E-state index in [9.17, 15) is 5.11 Å². The van der Waals surface area contributed by atoms with Gasteiger partial charge < -0.3 is 14.6 Å². The van der Waals surface area contributed by atoms with E-state index in [-0.39, 0.29) is 6.61 Å². The maximum absolute atomic E-state index is 9.45. The van der Waals surface area contributed by atoms with Crippen LogP contribution in [0.3, 0.4) is 0 Å². The van der Waals surface area contributed by atoms with E-state index in [1.165, 1.54) is 0 Å². The zero-order chi connectivity index (χ0) is 13.0. The van der Waals surface area contributed by atoms with E-state index in [0.29, 0.717) is 11.6 Å². The van der Waals surface area contributed by atoms with Crippen LogP contribution >= 0.6 is 0 Å². The van der Waals surface area contributed by atoms with Crippen LogP contribution in [0.2, 0.25) is 0 Å². The van der Waals surface area contributed by atoms with Crippen molar-refractivity contribution in [3.63, 3.8) is 0 Å². The van der Waals surface area contributed by atoms with Crippen LogP contribution in [-0.2, 0) is 6.61 Å². The molecule has 0 amide bonds. The molecule has 0 unspecified atom stereocenters. The van der Waals surface area contributed by atoms with E-state index in [1.807, 2.05) is 30.3 Å². The summed E-state index contributed by atoms with van der Waals surface area (Å²) in [7, 11) is 3.18. The number of aliphatic hydroxyl groups is 1. The third-order valence-electron chi connectivity index (χ3n) is 2.74. The summed E-state index contributed by atoms with van der Waals surface area (Å²) in [6, 6.07) is 9.29. The van der Waals surface area contributed by atoms with Crippen LogP contribution in [0.4, 0.5) is 0 Å². The van der Waals surface area contributed by atoms with Gasteiger partial charge in [0.1, 0.15) is 5.75 Å². The second kappa shape index (κ2) is 5.51. The van der Waals surface area contributed by atoms with Crippen molar-refractivity contribution in [3.8, 4) is 22.8 Å². The van der Waals surface area contributed by atoms with Crippen molar-refractivity contribution in [3.05, 3.63) is 42.1 Å². The number of rotatable bonds is 4. The van der Waals surface area contributed by atoms with Gasteiger partial charge >= 0.3 is 0 Å². The van der Waals surface area contributed by atoms with E-state index >= 15 is 0 Å². The van der Waals surface area contributed by atoms with Gasteiger partial charge in [0.15, 0.2) is 0 Å². The molecule has 0 fully saturated rings. The number of pyridine rings is 1. The highest BCUT2D eigenvalue weighted by Gasteiger charge is 2.11. The normalized spacial score (nSPS) is 10.2. The summed E-state index contributed by atoms with van der Waals surface area (Å²) in [5, 5.41) is 9.45. The molecular weight excluding hydrogens is 230 g/mol. The van der Waals surface area contributed by atoms with Gasteiger partial charge in [0.2, 0.25) is 5.88 Å². The van der Waals surface area contributed by atoms with Gasteiger partial charge in [-0.2, -0.15) is 0 Å². The maximum Gasteiger partial charge on any atom is 0.221 e. The smallest absolute Gasteiger partial charge is 0.221 e. The molecule has 1 heterocycles. The molecule has 0 bridgehead atoms. The monoisotopic (exact) mass is 245 g/mol. The summed E-state index contributed by atoms with van der Waals surface area (Å²) >= 11 is 0. The highest BCUT2D eigenvalue weighted by atomic mass is 16.5. The first-order valence-electron chi connectivity index (χ1n) is 5.57. The first kappa shape index (κ1) is 12.4. The first-order chi connectivity index (χ1) is 8.80. The second-order valence-corrected chi connectivity index (χ2v) is 3.74. The number of ether oxygens (including phenoxy) is 2. The van der Waals surface area contributed by atoms with E-state index in [2.05, 4.69) is 4.98 Å². The van der Waals surface area contributed by atoms with Crippen molar-refractivity contribution in [2.24, 2.45) is 0 Å². The van der Waals surface area contributed by atoms with Crippen LogP contribution in [0.15, 0.2) is 36.5 Å². The van der Waals surface area contributed by atoms with Crippen LogP contribution in [0.5, 0.6) is 11.6 Å². The fourth-order valence-electron chi connectivity index (χ4n) is 1.85. The molecule has 18 heavy (non-hydrogen) atoms. The second-order valence-electron chi connectivity index (χ2n) is 3.74. The first-order valence-corrected chi connectivity index (χ1v) is 5.57. The van der Waals surface area contributed by atoms with E-state index in [1.54, 1.807) is 20.4 Å². The number of benzene rings is 1. The lowest BCUT2D eigenvalue weighted by molar-refractivity contribution is 0.281. The highest BCUT2D eigenvalue weighted by molar-refractivity contribution is 5.72. The standard InChI is InChI=1S/C14H15NO3/c1-17-11-5-6-12(10(8-11)9-16)13-4-3-7-15-14(13)18-2/h3-8,16H,9H2,1-2H3. The molecule has 1 aromatic carbocycles. The van der Waals surface area contributed by atoms with E-state index in [4.69, 9.17) is 9.47 Å². The van der Waals surface area contributed by atoms with E-state index < -0.39 is 0 Å². The lowest BCUT2D eigenvalue weighted by Crippen LogP contribution is -1.95. The lowest BCUT2D eigenvalue weighted by atomic mass is 10.0. The van der Waals surface area contributed by atoms with Crippen LogP contribution in [0, 0.1) is 0 Å². The van der Waals surface area contributed by atoms with Crippen molar-refractivity contribution in [1.29, 1.82) is 0 Å². The number of nitrogens with zero attached hydrogens (tertiary/aromatic N) is 1. The molecule has 0 spiro atoms. The topological polar surface area (TPSA) is 51.6 Å². The molecule has 4 heteroatoms. The molecule has 0 aliphatic rings. The van der Waals surface area contributed by atoms with Crippen molar-refractivity contribution in [1.82, 2.24) is 4.98 Å². The summed E-state index contributed by atoms with van der Waals surface area (Å²) < 4.78 is 10.4. The Morgan fingerprint density at radius 3 is 2.61 bits per heavy atom. The summed E-state index contributed by atoms with van der Waals surface area (Å²) in [4.78, 5) is 4.16. The number of aromatic nitrogens is 1. The SMILES string of the molecule is COc1ccc(-c2cccnc2OC)c(CO)c1. The van der Waals surface area contributed by atoms with Crippen LogP contribution in [-0.4, -0.2) is 24.3 Å². The Morgan fingerprint density at radius 2 is 1.94 bits per heavy atom. The molecule has 0 radical (unpaired) electrons. The van der Waals surface area contributed by atoms with Crippen LogP contribution in [0.1, 0.15) is 5.56 Å². The maximum atomic E-state index is 9.45. The summed E-state index contributed by atoms with van der Waals surface area (Å²) in [5.41, 5.74) is 2.52. The van der Waals surface area contributed by atoms with Crippen molar-refractivity contribution >= 4 is 0 Å². The Morgan fingerprint density at radius 1 is 1.11 bits per heavy atom. The minimum atomic E-state index is -0.0649. The zero-order valence-corrected chi connectivity index (χ0v) is 10.4. The predicted molar refractivity (Wildman–Crippen MR) is 68.7 cm³/mol. The Balaban J connectivity index is 2.56. The summed E-state index contributed by atoms with van der Waals surface area (Å²) in [6.45, 7) is -0.0649. The predicted octanol–water partition coefficient (Wildman–Crippen LogP) is 2.26. The van der Waals surface area contributed by atoms with Gasteiger partial charge in [-0.1, -0.05) is 6.07 Å². The minimum absolute atomic E-state index is 0.0649. The van der Waals surface area contributed by atoms with Gasteiger partial charge in [-0.05, 0) is 35.4 Å². The molecular formula is C14H15NO3. The van der Waals surface area contributed by atoms with Gasteiger partial charge in [-0.3, -0.25) is 0 Å². The average Bonchev–Trinajstić information content (AvgIpc) is 2.46. The average molecular weight is 245 g/mol. The van der Waals surface area contributed by atoms with Gasteiger partial charge in [-0.15, -0.1) is 0 Å². The van der Waals surface area contributed by atoms with Gasteiger partial charge in [0, 0.05) is 11.8 Å². The molecule has 0 aliphatic carbocycles. The summed E-state index contributed by atoms with van der Waals surface area (Å²) in [6.07, 6.45) is 1.67. The van der Waals surface area contributed by atoms with Gasteiger partial charge in [-0.25, -0.2) is 4.98 Å². The molecule has 0 saturated carbocycles. The largest absolute Gasteiger partial charge is 0.497 e. The Bertz CT molecular complexity index is 540. The van der Waals surface area contributed by atoms with Gasteiger partial charge in [0.05, 0.1) is 20.8 Å². The van der Waals surface area contributed by atoms with Crippen molar-refractivity contribution in [2.45, 2.75) is 6.61 Å². The number of hydrogen-bond donors (Lipinski definition) is 1. The minimum Gasteiger partial charge on any atom is -0.497 e. The molecule has 0 aliphatic heterocycles. The number of hydrogen-bond acceptors (Lipinski definition) is 4. The fraction of sp³-hybridized carbons (Fsp3) is 0.214. The molecule has 94 valence electrons. The molecule has 2 aromatic rings. The molecule has 2 rings (SSSR count). The third kappa shape index (κ3) is 2.28. The van der Waals surface area contributed by atoms with Gasteiger partial charge in [0.25, 0.3) is 0 Å². The third-order valence-corrected chi connectivity index (χ3v) is 2.74. The molecule has 0 saturated heterocycles. The Hall–Kier alpha value is -2.07. The zero-order valence-electron chi connectivity index (χ0n) is 10.4. The molecule has 1 N–H and O–H groups in total. The highest BCUT2D eigenvalue weighted by Crippen LogP contribution is 2.32. The Labute approximate surface area is 106 Å². The molecule has 4 nitrogen and oxygen atoms in total. The van der Waals surface area contributed by atoms with Crippen LogP contribution in [0.25, 0.3) is 11.1 Å². The van der Waals surface area contributed by atoms with E-state index in [0.717, 1.165) is 16.7 Å².